The number of amides is 1. The Bertz CT molecular complexity index is 375. The number of para-hydroxylation sites is 1. The van der Waals surface area contributed by atoms with E-state index in [-0.39, 0.29) is 6.09 Å². The van der Waals surface area contributed by atoms with Crippen LogP contribution in [0.25, 0.3) is 0 Å². The summed E-state index contributed by atoms with van der Waals surface area (Å²) in [6.07, 6.45) is 3.30. The molecule has 1 aliphatic rings. The molecule has 0 bridgehead atoms. The largest absolute Gasteiger partial charge is 0.415 e. The molecular formula is C14H20N2O2. The Labute approximate surface area is 108 Å². The van der Waals surface area contributed by atoms with Crippen LogP contribution in [-0.4, -0.2) is 37.2 Å². The number of benzene rings is 1. The predicted molar refractivity (Wildman–Crippen MR) is 70.7 cm³/mol. The summed E-state index contributed by atoms with van der Waals surface area (Å²) in [7, 11) is 1.78. The van der Waals surface area contributed by atoms with Crippen LogP contribution < -0.4 is 10.1 Å². The number of hydrogen-bond donors (Lipinski definition) is 1. The molecule has 1 saturated heterocycles. The Morgan fingerprint density at radius 2 is 2.17 bits per heavy atom. The van der Waals surface area contributed by atoms with Crippen LogP contribution in [0.1, 0.15) is 19.3 Å². The lowest BCUT2D eigenvalue weighted by Crippen LogP contribution is -2.44. The van der Waals surface area contributed by atoms with E-state index in [9.17, 15) is 4.79 Å². The van der Waals surface area contributed by atoms with Gasteiger partial charge in [0.1, 0.15) is 5.75 Å². The van der Waals surface area contributed by atoms with Crippen molar-refractivity contribution in [2.75, 3.05) is 20.1 Å². The van der Waals surface area contributed by atoms with Crippen molar-refractivity contribution in [1.29, 1.82) is 0 Å². The predicted octanol–water partition coefficient (Wildman–Crippen LogP) is 2.26. The maximum absolute atomic E-state index is 11.9. The first-order valence-electron chi connectivity index (χ1n) is 6.47. The number of hydrogen-bond acceptors (Lipinski definition) is 3. The molecule has 1 aliphatic heterocycles. The van der Waals surface area contributed by atoms with Crippen LogP contribution in [0.3, 0.4) is 0 Å². The number of piperidine rings is 1. The SMILES string of the molecule is CN(CC1CCCCN1)C(=O)Oc1ccccc1. The number of carbonyl (C=O) groups excluding carboxylic acids is 1. The fraction of sp³-hybridized carbons (Fsp3) is 0.500. The minimum absolute atomic E-state index is 0.298. The topological polar surface area (TPSA) is 41.6 Å². The van der Waals surface area contributed by atoms with Crippen LogP contribution in [0.2, 0.25) is 0 Å². The molecule has 0 spiro atoms. The Balaban J connectivity index is 1.81. The lowest BCUT2D eigenvalue weighted by Gasteiger charge is -2.27. The van der Waals surface area contributed by atoms with Crippen LogP contribution in [0, 0.1) is 0 Å². The van der Waals surface area contributed by atoms with Gasteiger partial charge >= 0.3 is 6.09 Å². The smallest absolute Gasteiger partial charge is 0.410 e. The minimum Gasteiger partial charge on any atom is -0.410 e. The summed E-state index contributed by atoms with van der Waals surface area (Å²) in [5, 5.41) is 3.42. The van der Waals surface area contributed by atoms with E-state index < -0.39 is 0 Å². The van der Waals surface area contributed by atoms with E-state index in [2.05, 4.69) is 5.32 Å². The third kappa shape index (κ3) is 3.74. The molecule has 0 aliphatic carbocycles. The van der Waals surface area contributed by atoms with Gasteiger partial charge in [-0.15, -0.1) is 0 Å². The molecule has 1 fully saturated rings. The number of carbonyl (C=O) groups is 1. The van der Waals surface area contributed by atoms with Gasteiger partial charge in [0.25, 0.3) is 0 Å². The molecule has 1 atom stereocenters. The van der Waals surface area contributed by atoms with Gasteiger partial charge in [0.15, 0.2) is 0 Å². The summed E-state index contributed by atoms with van der Waals surface area (Å²) in [6.45, 7) is 1.75. The van der Waals surface area contributed by atoms with Crippen molar-refractivity contribution in [2.45, 2.75) is 25.3 Å². The third-order valence-electron chi connectivity index (χ3n) is 3.17. The molecule has 0 radical (unpaired) electrons. The van der Waals surface area contributed by atoms with E-state index in [0.29, 0.717) is 18.3 Å². The van der Waals surface area contributed by atoms with Gasteiger partial charge in [-0.2, -0.15) is 0 Å². The van der Waals surface area contributed by atoms with E-state index in [0.717, 1.165) is 13.0 Å². The molecule has 98 valence electrons. The van der Waals surface area contributed by atoms with Gasteiger partial charge in [-0.3, -0.25) is 0 Å². The van der Waals surface area contributed by atoms with E-state index in [1.165, 1.54) is 12.8 Å². The molecule has 0 saturated carbocycles. The molecule has 18 heavy (non-hydrogen) atoms. The van der Waals surface area contributed by atoms with Gasteiger partial charge in [0.2, 0.25) is 0 Å². The molecule has 1 amide bonds. The Hall–Kier alpha value is -1.55. The average molecular weight is 248 g/mol. The maximum Gasteiger partial charge on any atom is 0.415 e. The summed E-state index contributed by atoms with van der Waals surface area (Å²) in [4.78, 5) is 13.5. The number of nitrogens with zero attached hydrogens (tertiary/aromatic N) is 1. The van der Waals surface area contributed by atoms with Gasteiger partial charge < -0.3 is 15.0 Å². The molecule has 1 heterocycles. The minimum atomic E-state index is -0.298. The molecular weight excluding hydrogens is 228 g/mol. The lowest BCUT2D eigenvalue weighted by molar-refractivity contribution is 0.155. The van der Waals surface area contributed by atoms with E-state index in [4.69, 9.17) is 4.74 Å². The van der Waals surface area contributed by atoms with Crippen LogP contribution in [-0.2, 0) is 0 Å². The maximum atomic E-state index is 11.9. The zero-order chi connectivity index (χ0) is 12.8. The highest BCUT2D eigenvalue weighted by Gasteiger charge is 2.18. The average Bonchev–Trinajstić information content (AvgIpc) is 2.41. The summed E-state index contributed by atoms with van der Waals surface area (Å²) in [6, 6.07) is 9.56. The van der Waals surface area contributed by atoms with Crippen LogP contribution in [0.15, 0.2) is 30.3 Å². The number of nitrogens with one attached hydrogen (secondary N) is 1. The van der Waals surface area contributed by atoms with Crippen molar-refractivity contribution in [3.8, 4) is 5.75 Å². The summed E-state index contributed by atoms with van der Waals surface area (Å²) < 4.78 is 5.28. The van der Waals surface area contributed by atoms with Gasteiger partial charge in [0, 0.05) is 19.6 Å². The Morgan fingerprint density at radius 3 is 2.83 bits per heavy atom. The first kappa shape index (κ1) is 12.9. The van der Waals surface area contributed by atoms with Gasteiger partial charge in [-0.25, -0.2) is 4.79 Å². The molecule has 1 N–H and O–H groups in total. The molecule has 4 nitrogen and oxygen atoms in total. The van der Waals surface area contributed by atoms with Crippen molar-refractivity contribution >= 4 is 6.09 Å². The van der Waals surface area contributed by atoms with Gasteiger partial charge in [0.05, 0.1) is 0 Å². The summed E-state index contributed by atoms with van der Waals surface area (Å²) in [5.74, 6) is 0.589. The molecule has 1 aromatic carbocycles. The van der Waals surface area contributed by atoms with Gasteiger partial charge in [-0.05, 0) is 31.5 Å². The third-order valence-corrected chi connectivity index (χ3v) is 3.17. The van der Waals surface area contributed by atoms with Crippen molar-refractivity contribution < 1.29 is 9.53 Å². The molecule has 4 heteroatoms. The fourth-order valence-corrected chi connectivity index (χ4v) is 2.15. The normalized spacial score (nSPS) is 19.3. The van der Waals surface area contributed by atoms with Crippen molar-refractivity contribution in [3.63, 3.8) is 0 Å². The van der Waals surface area contributed by atoms with Gasteiger partial charge in [-0.1, -0.05) is 24.6 Å². The standard InChI is InChI=1S/C14H20N2O2/c1-16(11-12-7-5-6-10-15-12)14(17)18-13-8-3-2-4-9-13/h2-4,8-9,12,15H,5-7,10-11H2,1H3. The second kappa shape index (κ2) is 6.40. The highest BCUT2D eigenvalue weighted by molar-refractivity contribution is 5.70. The zero-order valence-corrected chi connectivity index (χ0v) is 10.8. The van der Waals surface area contributed by atoms with Crippen LogP contribution >= 0.6 is 0 Å². The molecule has 1 unspecified atom stereocenters. The lowest BCUT2D eigenvalue weighted by atomic mass is 10.1. The number of ether oxygens (including phenoxy) is 1. The van der Waals surface area contributed by atoms with E-state index >= 15 is 0 Å². The van der Waals surface area contributed by atoms with Crippen molar-refractivity contribution in [2.24, 2.45) is 0 Å². The quantitative estimate of drug-likeness (QED) is 0.892. The monoisotopic (exact) mass is 248 g/mol. The zero-order valence-electron chi connectivity index (χ0n) is 10.8. The molecule has 2 rings (SSSR count). The number of rotatable bonds is 3. The fourth-order valence-electron chi connectivity index (χ4n) is 2.15. The number of likely N-dealkylation sites (N-methyl/N-ethyl adjacent to an activating group) is 1. The highest BCUT2D eigenvalue weighted by atomic mass is 16.6. The summed E-state index contributed by atoms with van der Waals surface area (Å²) >= 11 is 0. The van der Waals surface area contributed by atoms with Crippen LogP contribution in [0.4, 0.5) is 4.79 Å². The van der Waals surface area contributed by atoms with Crippen LogP contribution in [0.5, 0.6) is 5.75 Å². The van der Waals surface area contributed by atoms with E-state index in [1.807, 2.05) is 18.2 Å². The van der Waals surface area contributed by atoms with E-state index in [1.54, 1.807) is 24.1 Å². The Morgan fingerprint density at radius 1 is 1.39 bits per heavy atom. The van der Waals surface area contributed by atoms with Crippen molar-refractivity contribution in [1.82, 2.24) is 10.2 Å². The first-order chi connectivity index (χ1) is 8.75. The highest BCUT2D eigenvalue weighted by Crippen LogP contribution is 2.11. The Kier molecular flexibility index (Phi) is 4.59. The first-order valence-corrected chi connectivity index (χ1v) is 6.47. The second-order valence-corrected chi connectivity index (χ2v) is 4.71. The second-order valence-electron chi connectivity index (χ2n) is 4.71. The van der Waals surface area contributed by atoms with Crippen molar-refractivity contribution in [3.05, 3.63) is 30.3 Å². The molecule has 0 aromatic heterocycles. The molecule has 1 aromatic rings. The summed E-state index contributed by atoms with van der Waals surface area (Å²) in [5.41, 5.74) is 0.